The van der Waals surface area contributed by atoms with Crippen molar-refractivity contribution in [3.63, 3.8) is 0 Å². The van der Waals surface area contributed by atoms with E-state index < -0.39 is 11.8 Å². The predicted octanol–water partition coefficient (Wildman–Crippen LogP) is 4.11. The van der Waals surface area contributed by atoms with E-state index in [0.29, 0.717) is 11.3 Å². The number of hydrogen-bond donors (Lipinski definition) is 1. The lowest BCUT2D eigenvalue weighted by Crippen LogP contribution is -2.25. The van der Waals surface area contributed by atoms with Gasteiger partial charge in [-0.2, -0.15) is 4.98 Å². The molecule has 0 aliphatic heterocycles. The first-order valence-corrected chi connectivity index (χ1v) is 8.74. The standard InChI is InChI=1S/C18H18ClFN2O4/c19-13-9-11(10-14(20)17(13)25-8-2-5-16(23)24)15-6-7-21-18(22-15)26-12-3-1-4-12/h6-7,9-10,12H,1-5,8H2,(H,23,24). The summed E-state index contributed by atoms with van der Waals surface area (Å²) in [7, 11) is 0. The Morgan fingerprint density at radius 3 is 2.85 bits per heavy atom. The van der Waals surface area contributed by atoms with Gasteiger partial charge in [0, 0.05) is 18.2 Å². The highest BCUT2D eigenvalue weighted by Crippen LogP contribution is 2.33. The van der Waals surface area contributed by atoms with E-state index in [-0.39, 0.29) is 42.3 Å². The summed E-state index contributed by atoms with van der Waals surface area (Å²) < 4.78 is 25.3. The maximum atomic E-state index is 14.4. The maximum Gasteiger partial charge on any atom is 0.317 e. The number of benzene rings is 1. The summed E-state index contributed by atoms with van der Waals surface area (Å²) in [5.41, 5.74) is 0.971. The van der Waals surface area contributed by atoms with Crippen LogP contribution in [0.1, 0.15) is 32.1 Å². The van der Waals surface area contributed by atoms with Crippen molar-refractivity contribution >= 4 is 17.6 Å². The Bertz CT molecular complexity index is 776. The fourth-order valence-corrected chi connectivity index (χ4v) is 2.70. The molecule has 8 heteroatoms. The van der Waals surface area contributed by atoms with Gasteiger partial charge in [-0.1, -0.05) is 11.6 Å². The second-order valence-electron chi connectivity index (χ2n) is 6.01. The molecule has 0 atom stereocenters. The number of nitrogens with zero attached hydrogens (tertiary/aromatic N) is 2. The lowest BCUT2D eigenvalue weighted by Gasteiger charge is -2.25. The van der Waals surface area contributed by atoms with Crippen molar-refractivity contribution < 1.29 is 23.8 Å². The van der Waals surface area contributed by atoms with Gasteiger partial charge in [-0.25, -0.2) is 9.37 Å². The molecule has 1 saturated carbocycles. The molecule has 0 unspecified atom stereocenters. The Balaban J connectivity index is 1.72. The van der Waals surface area contributed by atoms with Crippen molar-refractivity contribution in [1.29, 1.82) is 0 Å². The lowest BCUT2D eigenvalue weighted by molar-refractivity contribution is -0.137. The number of ether oxygens (including phenoxy) is 2. The largest absolute Gasteiger partial charge is 0.489 e. The molecule has 1 N–H and O–H groups in total. The van der Waals surface area contributed by atoms with Crippen LogP contribution in [0, 0.1) is 5.82 Å². The third-order valence-electron chi connectivity index (χ3n) is 4.03. The van der Waals surface area contributed by atoms with E-state index in [2.05, 4.69) is 9.97 Å². The van der Waals surface area contributed by atoms with Gasteiger partial charge in [-0.15, -0.1) is 0 Å². The summed E-state index contributed by atoms with van der Waals surface area (Å²) in [6.07, 6.45) is 5.02. The van der Waals surface area contributed by atoms with Gasteiger partial charge >= 0.3 is 12.0 Å². The fraction of sp³-hybridized carbons (Fsp3) is 0.389. The Morgan fingerprint density at radius 1 is 1.38 bits per heavy atom. The zero-order valence-electron chi connectivity index (χ0n) is 14.0. The molecule has 138 valence electrons. The molecule has 1 aliphatic carbocycles. The first-order chi connectivity index (χ1) is 12.5. The van der Waals surface area contributed by atoms with Crippen molar-refractivity contribution in [3.05, 3.63) is 35.2 Å². The molecule has 0 bridgehead atoms. The number of halogens is 2. The molecule has 0 saturated heterocycles. The summed E-state index contributed by atoms with van der Waals surface area (Å²) in [6.45, 7) is 0.0647. The Hall–Kier alpha value is -2.41. The zero-order chi connectivity index (χ0) is 18.5. The van der Waals surface area contributed by atoms with Crippen LogP contribution in [0.15, 0.2) is 24.4 Å². The molecule has 2 aromatic rings. The highest BCUT2D eigenvalue weighted by atomic mass is 35.5. The number of carbonyl (C=O) groups is 1. The highest BCUT2D eigenvalue weighted by molar-refractivity contribution is 6.32. The maximum absolute atomic E-state index is 14.4. The number of aliphatic carboxylic acids is 1. The minimum absolute atomic E-state index is 0.0535. The summed E-state index contributed by atoms with van der Waals surface area (Å²) in [4.78, 5) is 18.9. The summed E-state index contributed by atoms with van der Waals surface area (Å²) in [5, 5.41) is 8.69. The molecular formula is C18H18ClFN2O4. The molecule has 1 aromatic carbocycles. The van der Waals surface area contributed by atoms with Crippen LogP contribution < -0.4 is 9.47 Å². The first-order valence-electron chi connectivity index (χ1n) is 8.36. The van der Waals surface area contributed by atoms with Gasteiger partial charge in [0.2, 0.25) is 0 Å². The number of aromatic nitrogens is 2. The first kappa shape index (κ1) is 18.4. The lowest BCUT2D eigenvalue weighted by atomic mass is 9.96. The van der Waals surface area contributed by atoms with E-state index in [0.717, 1.165) is 19.3 Å². The van der Waals surface area contributed by atoms with E-state index in [9.17, 15) is 9.18 Å². The summed E-state index contributed by atoms with van der Waals surface area (Å²) in [5.74, 6) is -1.66. The van der Waals surface area contributed by atoms with Crippen LogP contribution in [0.25, 0.3) is 11.3 Å². The van der Waals surface area contributed by atoms with Crippen molar-refractivity contribution in [2.45, 2.75) is 38.2 Å². The normalized spacial score (nSPS) is 13.9. The molecule has 6 nitrogen and oxygen atoms in total. The van der Waals surface area contributed by atoms with E-state index in [4.69, 9.17) is 26.2 Å². The van der Waals surface area contributed by atoms with Gasteiger partial charge in [0.05, 0.1) is 17.3 Å². The van der Waals surface area contributed by atoms with Crippen LogP contribution in [-0.2, 0) is 4.79 Å². The van der Waals surface area contributed by atoms with E-state index >= 15 is 0 Å². The number of carboxylic acids is 1. The monoisotopic (exact) mass is 380 g/mol. The van der Waals surface area contributed by atoms with Crippen LogP contribution in [0.5, 0.6) is 11.8 Å². The average Bonchev–Trinajstić information content (AvgIpc) is 2.56. The van der Waals surface area contributed by atoms with Gasteiger partial charge in [-0.3, -0.25) is 4.79 Å². The molecule has 0 amide bonds. The van der Waals surface area contributed by atoms with E-state index in [1.165, 1.54) is 6.07 Å². The Morgan fingerprint density at radius 2 is 2.19 bits per heavy atom. The minimum Gasteiger partial charge on any atom is -0.489 e. The molecule has 1 fully saturated rings. The van der Waals surface area contributed by atoms with Crippen molar-refractivity contribution in [1.82, 2.24) is 9.97 Å². The van der Waals surface area contributed by atoms with Crippen LogP contribution in [0.3, 0.4) is 0 Å². The van der Waals surface area contributed by atoms with Crippen LogP contribution >= 0.6 is 11.6 Å². The quantitative estimate of drug-likeness (QED) is 0.694. The Labute approximate surface area is 154 Å². The van der Waals surface area contributed by atoms with Crippen LogP contribution in [0.4, 0.5) is 4.39 Å². The van der Waals surface area contributed by atoms with E-state index in [1.54, 1.807) is 18.3 Å². The molecule has 1 aromatic heterocycles. The van der Waals surface area contributed by atoms with Gasteiger partial charge < -0.3 is 14.6 Å². The minimum atomic E-state index is -0.931. The van der Waals surface area contributed by atoms with Gasteiger partial charge in [0.25, 0.3) is 0 Å². The van der Waals surface area contributed by atoms with Crippen molar-refractivity contribution in [2.24, 2.45) is 0 Å². The van der Waals surface area contributed by atoms with Crippen LogP contribution in [-0.4, -0.2) is 33.8 Å². The topological polar surface area (TPSA) is 81.5 Å². The molecular weight excluding hydrogens is 363 g/mol. The second-order valence-corrected chi connectivity index (χ2v) is 6.42. The Kier molecular flexibility index (Phi) is 5.88. The highest BCUT2D eigenvalue weighted by Gasteiger charge is 2.20. The van der Waals surface area contributed by atoms with E-state index in [1.807, 2.05) is 0 Å². The molecule has 0 spiro atoms. The zero-order valence-corrected chi connectivity index (χ0v) is 14.7. The van der Waals surface area contributed by atoms with Gasteiger partial charge in [-0.05, 0) is 43.9 Å². The van der Waals surface area contributed by atoms with Gasteiger partial charge in [0.15, 0.2) is 11.6 Å². The predicted molar refractivity (Wildman–Crippen MR) is 93.1 cm³/mol. The molecule has 1 aliphatic rings. The molecule has 26 heavy (non-hydrogen) atoms. The molecule has 0 radical (unpaired) electrons. The fourth-order valence-electron chi connectivity index (χ4n) is 2.44. The second kappa shape index (κ2) is 8.31. The number of rotatable bonds is 8. The third-order valence-corrected chi connectivity index (χ3v) is 4.31. The average molecular weight is 381 g/mol. The smallest absolute Gasteiger partial charge is 0.317 e. The number of carboxylic acid groups (broad SMARTS) is 1. The number of hydrogen-bond acceptors (Lipinski definition) is 5. The SMILES string of the molecule is O=C(O)CCCOc1c(F)cc(-c2ccnc(OC3CCC3)n2)cc1Cl. The third kappa shape index (κ3) is 4.60. The molecule has 3 rings (SSSR count). The van der Waals surface area contributed by atoms with Gasteiger partial charge in [0.1, 0.15) is 6.10 Å². The molecule has 1 heterocycles. The van der Waals surface area contributed by atoms with Crippen LogP contribution in [0.2, 0.25) is 5.02 Å². The van der Waals surface area contributed by atoms with Crippen molar-refractivity contribution in [3.8, 4) is 23.0 Å². The van der Waals surface area contributed by atoms with Crippen molar-refractivity contribution in [2.75, 3.05) is 6.61 Å². The summed E-state index contributed by atoms with van der Waals surface area (Å²) >= 11 is 6.13. The summed E-state index contributed by atoms with van der Waals surface area (Å²) in [6, 6.07) is 4.73.